The average molecular weight is 312 g/mol. The van der Waals surface area contributed by atoms with Crippen LogP contribution < -0.4 is 15.5 Å². The maximum atomic E-state index is 12.4. The van der Waals surface area contributed by atoms with E-state index in [0.717, 1.165) is 5.56 Å². The fourth-order valence-corrected chi connectivity index (χ4v) is 3.09. The largest absolute Gasteiger partial charge is 0.483 e. The van der Waals surface area contributed by atoms with Crippen LogP contribution in [0.3, 0.4) is 0 Å². The maximum Gasteiger partial charge on any atom is 0.272 e. The molecule has 118 valence electrons. The molecule has 3 heterocycles. The number of fused-ring (bicyclic) bond motifs is 3. The number of aromatic nitrogens is 1. The standard InChI is InChI=1S/C17H16N2O4/c20-14-6-7-19-13-10-22-9-12(13)18-17(21)15(19)16(14)23-8-11-4-2-1-3-5-11/h1-7,12-13H,8-10H2,(H,18,21)/t12-,13-/m1/s1. The third-order valence-corrected chi connectivity index (χ3v) is 4.25. The Bertz CT molecular complexity index is 800. The highest BCUT2D eigenvalue weighted by Gasteiger charge is 2.39. The van der Waals surface area contributed by atoms with Gasteiger partial charge in [0.05, 0.1) is 25.3 Å². The van der Waals surface area contributed by atoms with E-state index in [4.69, 9.17) is 9.47 Å². The van der Waals surface area contributed by atoms with Gasteiger partial charge >= 0.3 is 0 Å². The Morgan fingerprint density at radius 3 is 2.83 bits per heavy atom. The molecule has 6 nitrogen and oxygen atoms in total. The second kappa shape index (κ2) is 5.55. The van der Waals surface area contributed by atoms with Gasteiger partial charge in [0.1, 0.15) is 6.61 Å². The topological polar surface area (TPSA) is 69.6 Å². The summed E-state index contributed by atoms with van der Waals surface area (Å²) in [4.78, 5) is 24.6. The molecule has 6 heteroatoms. The molecule has 0 unspecified atom stereocenters. The van der Waals surface area contributed by atoms with Gasteiger partial charge in [0.15, 0.2) is 11.4 Å². The first-order chi connectivity index (χ1) is 11.2. The molecule has 1 saturated heterocycles. The minimum Gasteiger partial charge on any atom is -0.483 e. The van der Waals surface area contributed by atoms with E-state index in [-0.39, 0.29) is 41.5 Å². The molecular weight excluding hydrogens is 296 g/mol. The molecule has 2 aliphatic rings. The van der Waals surface area contributed by atoms with Crippen LogP contribution >= 0.6 is 0 Å². The molecule has 1 aromatic heterocycles. The molecule has 0 radical (unpaired) electrons. The molecular formula is C17H16N2O4. The third kappa shape index (κ3) is 2.41. The first kappa shape index (κ1) is 14.0. The molecule has 23 heavy (non-hydrogen) atoms. The predicted molar refractivity (Wildman–Crippen MR) is 82.6 cm³/mol. The zero-order valence-corrected chi connectivity index (χ0v) is 12.4. The Labute approximate surface area is 132 Å². The summed E-state index contributed by atoms with van der Waals surface area (Å²) in [6, 6.07) is 10.9. The lowest BCUT2D eigenvalue weighted by molar-refractivity contribution is 0.0883. The highest BCUT2D eigenvalue weighted by Crippen LogP contribution is 2.29. The van der Waals surface area contributed by atoms with Gasteiger partial charge in [0.2, 0.25) is 5.43 Å². The van der Waals surface area contributed by atoms with Crippen molar-refractivity contribution >= 4 is 5.91 Å². The number of nitrogens with zero attached hydrogens (tertiary/aromatic N) is 1. The number of carbonyl (C=O) groups is 1. The van der Waals surface area contributed by atoms with Crippen LogP contribution in [0.25, 0.3) is 0 Å². The zero-order valence-electron chi connectivity index (χ0n) is 12.4. The van der Waals surface area contributed by atoms with Gasteiger partial charge in [-0.15, -0.1) is 0 Å². The van der Waals surface area contributed by atoms with Crippen LogP contribution in [0.4, 0.5) is 0 Å². The Morgan fingerprint density at radius 2 is 2.00 bits per heavy atom. The SMILES string of the molecule is O=C1N[C@@H]2COC[C@H]2n2ccc(=O)c(OCc3ccccc3)c21. The fourth-order valence-electron chi connectivity index (χ4n) is 3.09. The Kier molecular flexibility index (Phi) is 3.38. The number of rotatable bonds is 3. The number of nitrogens with one attached hydrogen (secondary N) is 1. The van der Waals surface area contributed by atoms with Crippen molar-refractivity contribution < 1.29 is 14.3 Å². The monoisotopic (exact) mass is 312 g/mol. The number of hydrogen-bond acceptors (Lipinski definition) is 4. The number of carbonyl (C=O) groups excluding carboxylic acids is 1. The van der Waals surface area contributed by atoms with Gasteiger partial charge in [-0.1, -0.05) is 30.3 Å². The van der Waals surface area contributed by atoms with Crippen molar-refractivity contribution in [2.24, 2.45) is 0 Å². The number of pyridine rings is 1. The van der Waals surface area contributed by atoms with E-state index in [1.165, 1.54) is 6.07 Å². The maximum absolute atomic E-state index is 12.4. The summed E-state index contributed by atoms with van der Waals surface area (Å²) in [7, 11) is 0. The van der Waals surface area contributed by atoms with Crippen molar-refractivity contribution in [2.45, 2.75) is 18.7 Å². The van der Waals surface area contributed by atoms with Gasteiger partial charge in [0.25, 0.3) is 5.91 Å². The van der Waals surface area contributed by atoms with Crippen LogP contribution in [-0.2, 0) is 11.3 Å². The van der Waals surface area contributed by atoms with Gasteiger partial charge in [-0.05, 0) is 5.56 Å². The Balaban J connectivity index is 1.71. The van der Waals surface area contributed by atoms with Crippen LogP contribution in [0.2, 0.25) is 0 Å². The first-order valence-electron chi connectivity index (χ1n) is 7.54. The minimum absolute atomic E-state index is 0.00220. The van der Waals surface area contributed by atoms with Gasteiger partial charge in [-0.25, -0.2) is 0 Å². The van der Waals surface area contributed by atoms with E-state index in [0.29, 0.717) is 13.2 Å². The van der Waals surface area contributed by atoms with Gasteiger partial charge in [-0.3, -0.25) is 9.59 Å². The summed E-state index contributed by atoms with van der Waals surface area (Å²) >= 11 is 0. The predicted octanol–water partition coefficient (Wildman–Crippen LogP) is 1.11. The number of ether oxygens (including phenoxy) is 2. The molecule has 1 amide bonds. The molecule has 1 N–H and O–H groups in total. The lowest BCUT2D eigenvalue weighted by Gasteiger charge is -2.30. The van der Waals surface area contributed by atoms with Crippen LogP contribution in [0.15, 0.2) is 47.4 Å². The smallest absolute Gasteiger partial charge is 0.272 e. The summed E-state index contributed by atoms with van der Waals surface area (Å²) in [5, 5.41) is 2.90. The number of benzene rings is 1. The molecule has 0 bridgehead atoms. The second-order valence-corrected chi connectivity index (χ2v) is 5.72. The van der Waals surface area contributed by atoms with Crippen molar-refractivity contribution in [2.75, 3.05) is 13.2 Å². The van der Waals surface area contributed by atoms with Crippen molar-refractivity contribution in [1.29, 1.82) is 0 Å². The Hall–Kier alpha value is -2.60. The van der Waals surface area contributed by atoms with Gasteiger partial charge < -0.3 is 19.4 Å². The van der Waals surface area contributed by atoms with Crippen molar-refractivity contribution in [1.82, 2.24) is 9.88 Å². The quantitative estimate of drug-likeness (QED) is 0.922. The molecule has 2 aliphatic heterocycles. The summed E-state index contributed by atoms with van der Waals surface area (Å²) in [6.07, 6.45) is 1.65. The second-order valence-electron chi connectivity index (χ2n) is 5.72. The van der Waals surface area contributed by atoms with Crippen molar-refractivity contribution in [3.63, 3.8) is 0 Å². The minimum atomic E-state index is -0.294. The normalized spacial score (nSPS) is 22.2. The summed E-state index contributed by atoms with van der Waals surface area (Å²) in [5.74, 6) is -0.197. The van der Waals surface area contributed by atoms with Crippen LogP contribution in [0, 0.1) is 0 Å². The molecule has 2 atom stereocenters. The lowest BCUT2D eigenvalue weighted by Crippen LogP contribution is -2.48. The summed E-state index contributed by atoms with van der Waals surface area (Å²) in [6.45, 7) is 1.24. The molecule has 1 aromatic carbocycles. The molecule has 0 aliphatic carbocycles. The fraction of sp³-hybridized carbons (Fsp3) is 0.294. The van der Waals surface area contributed by atoms with Crippen molar-refractivity contribution in [3.8, 4) is 5.75 Å². The Morgan fingerprint density at radius 1 is 1.17 bits per heavy atom. The molecule has 4 rings (SSSR count). The van der Waals surface area contributed by atoms with E-state index in [9.17, 15) is 9.59 Å². The number of amides is 1. The van der Waals surface area contributed by atoms with E-state index in [1.807, 2.05) is 30.3 Å². The average Bonchev–Trinajstić information content (AvgIpc) is 3.03. The zero-order chi connectivity index (χ0) is 15.8. The number of hydrogen-bond donors (Lipinski definition) is 1. The highest BCUT2D eigenvalue weighted by atomic mass is 16.5. The van der Waals surface area contributed by atoms with Gasteiger partial charge in [-0.2, -0.15) is 0 Å². The first-order valence-corrected chi connectivity index (χ1v) is 7.54. The summed E-state index contributed by atoms with van der Waals surface area (Å²) in [5.41, 5.74) is 0.924. The molecule has 1 fully saturated rings. The van der Waals surface area contributed by atoms with Crippen LogP contribution in [0.1, 0.15) is 22.1 Å². The third-order valence-electron chi connectivity index (χ3n) is 4.25. The molecule has 0 saturated carbocycles. The lowest BCUT2D eigenvalue weighted by atomic mass is 10.1. The molecule has 0 spiro atoms. The van der Waals surface area contributed by atoms with E-state index >= 15 is 0 Å². The van der Waals surface area contributed by atoms with Gasteiger partial charge in [0, 0.05) is 12.3 Å². The van der Waals surface area contributed by atoms with E-state index < -0.39 is 0 Å². The van der Waals surface area contributed by atoms with E-state index in [2.05, 4.69) is 5.32 Å². The molecule has 2 aromatic rings. The van der Waals surface area contributed by atoms with Crippen molar-refractivity contribution in [3.05, 3.63) is 64.1 Å². The van der Waals surface area contributed by atoms with E-state index in [1.54, 1.807) is 10.8 Å². The highest BCUT2D eigenvalue weighted by molar-refractivity contribution is 5.96. The van der Waals surface area contributed by atoms with Crippen LogP contribution in [-0.4, -0.2) is 29.7 Å². The van der Waals surface area contributed by atoms with Crippen LogP contribution in [0.5, 0.6) is 5.75 Å². The summed E-state index contributed by atoms with van der Waals surface area (Å²) < 4.78 is 13.0.